The maximum atomic E-state index is 12.2. The smallest absolute Gasteiger partial charge is 0.221 e. The third kappa shape index (κ3) is 25.6. The molecule has 236 valence electrons. The monoisotopic (exact) mass is 563 g/mol. The van der Waals surface area contributed by atoms with E-state index in [1.165, 1.54) is 128 Å². The first-order valence-electron chi connectivity index (χ1n) is 17.8. The van der Waals surface area contributed by atoms with E-state index in [2.05, 4.69) is 26.0 Å². The highest BCUT2D eigenvalue weighted by Gasteiger charge is 2.29. The van der Waals surface area contributed by atoms with Gasteiger partial charge in [-0.25, -0.2) is 0 Å². The van der Waals surface area contributed by atoms with Gasteiger partial charge in [-0.15, -0.1) is 0 Å². The Morgan fingerprint density at radius 3 is 0.950 bits per heavy atom. The number of allylic oxidation sites excluding steroid dienone is 2. The topological polar surface area (TPSA) is 86.2 Å². The molecule has 40 heavy (non-hydrogen) atoms. The van der Waals surface area contributed by atoms with Crippen LogP contribution in [0.5, 0.6) is 0 Å². The molecule has 0 aliphatic carbocycles. The van der Waals surface area contributed by atoms with E-state index in [0.29, 0.717) is 12.8 Å². The maximum Gasteiger partial charge on any atom is 0.221 e. The first kappa shape index (κ1) is 38.7. The van der Waals surface area contributed by atoms with Crippen LogP contribution in [-0.4, -0.2) is 11.8 Å². The zero-order valence-corrected chi connectivity index (χ0v) is 27.1. The van der Waals surface area contributed by atoms with Gasteiger partial charge in [0.05, 0.1) is 0 Å². The largest absolute Gasteiger partial charge is 0.369 e. The minimum absolute atomic E-state index is 0.353. The van der Waals surface area contributed by atoms with Gasteiger partial charge in [0, 0.05) is 11.8 Å². The van der Waals surface area contributed by atoms with Crippen LogP contribution in [0.1, 0.15) is 194 Å². The van der Waals surface area contributed by atoms with E-state index in [1.54, 1.807) is 0 Å². The summed E-state index contributed by atoms with van der Waals surface area (Å²) in [6.45, 7) is 4.53. The summed E-state index contributed by atoms with van der Waals surface area (Å²) in [7, 11) is 0. The zero-order chi connectivity index (χ0) is 29.5. The van der Waals surface area contributed by atoms with Gasteiger partial charge in [0.1, 0.15) is 0 Å². The third-order valence-electron chi connectivity index (χ3n) is 8.61. The molecule has 4 nitrogen and oxygen atoms in total. The molecule has 0 aliphatic rings. The van der Waals surface area contributed by atoms with Crippen molar-refractivity contribution in [3.05, 3.63) is 12.2 Å². The summed E-state index contributed by atoms with van der Waals surface area (Å²) in [6, 6.07) is 0. The van der Waals surface area contributed by atoms with Crippen LogP contribution in [0.3, 0.4) is 0 Å². The second kappa shape index (κ2) is 30.6. The number of hydrogen-bond donors (Lipinski definition) is 2. The average Bonchev–Trinajstić information content (AvgIpc) is 2.93. The van der Waals surface area contributed by atoms with Gasteiger partial charge >= 0.3 is 0 Å². The van der Waals surface area contributed by atoms with E-state index in [4.69, 9.17) is 11.5 Å². The molecule has 0 spiro atoms. The Labute approximate surface area is 250 Å². The molecular formula is C36H70N2O2. The second-order valence-electron chi connectivity index (χ2n) is 12.4. The molecule has 0 rings (SSSR count). The quantitative estimate of drug-likeness (QED) is 0.0631. The van der Waals surface area contributed by atoms with Crippen molar-refractivity contribution in [2.45, 2.75) is 194 Å². The highest BCUT2D eigenvalue weighted by atomic mass is 16.2. The molecule has 0 heterocycles. The summed E-state index contributed by atoms with van der Waals surface area (Å²) in [6.07, 6.45) is 39.2. The molecular weight excluding hydrogens is 492 g/mol. The van der Waals surface area contributed by atoms with Crippen LogP contribution >= 0.6 is 0 Å². The molecule has 2 atom stereocenters. The lowest BCUT2D eigenvalue weighted by Gasteiger charge is -2.22. The Morgan fingerprint density at radius 1 is 0.425 bits per heavy atom. The molecule has 0 aliphatic heterocycles. The Balaban J connectivity index is 3.87. The Hall–Kier alpha value is -1.32. The first-order valence-corrected chi connectivity index (χ1v) is 17.8. The first-order chi connectivity index (χ1) is 19.5. The molecule has 0 saturated carbocycles. The van der Waals surface area contributed by atoms with Crippen LogP contribution in [0.4, 0.5) is 0 Å². The lowest BCUT2D eigenvalue weighted by Crippen LogP contribution is -2.37. The highest BCUT2D eigenvalue weighted by Crippen LogP contribution is 2.25. The van der Waals surface area contributed by atoms with Gasteiger partial charge in [0.2, 0.25) is 11.8 Å². The van der Waals surface area contributed by atoms with Crippen molar-refractivity contribution < 1.29 is 9.59 Å². The summed E-state index contributed by atoms with van der Waals surface area (Å²) >= 11 is 0. The van der Waals surface area contributed by atoms with Crippen LogP contribution < -0.4 is 11.5 Å². The Bertz CT molecular complexity index is 589. The number of rotatable bonds is 32. The molecule has 0 aromatic rings. The normalized spacial score (nSPS) is 13.2. The van der Waals surface area contributed by atoms with Gasteiger partial charge in [0.15, 0.2) is 0 Å². The fraction of sp³-hybridized carbons (Fsp3) is 0.889. The molecule has 2 amide bonds. The van der Waals surface area contributed by atoms with Crippen LogP contribution in [0.2, 0.25) is 0 Å². The van der Waals surface area contributed by atoms with Crippen molar-refractivity contribution in [2.24, 2.45) is 23.3 Å². The summed E-state index contributed by atoms with van der Waals surface area (Å²) < 4.78 is 0. The standard InChI is InChI=1S/C36H70N2O2/c1-3-5-7-9-11-13-15-17-19-21-23-25-27-29-31-33(35(37)39)34(36(38)40)32-30-28-26-24-22-20-18-16-14-12-10-8-6-4-2/h17,19,33-34H,3-16,18,20-32H2,1-2H3,(H2,37,39)(H2,38,40)/b19-17-. The minimum atomic E-state index is -0.406. The molecule has 4 N–H and O–H groups in total. The molecule has 0 bridgehead atoms. The van der Waals surface area contributed by atoms with Crippen LogP contribution in [-0.2, 0) is 9.59 Å². The zero-order valence-electron chi connectivity index (χ0n) is 27.1. The van der Waals surface area contributed by atoms with Crippen LogP contribution in [0.25, 0.3) is 0 Å². The second-order valence-corrected chi connectivity index (χ2v) is 12.4. The lowest BCUT2D eigenvalue weighted by atomic mass is 9.83. The van der Waals surface area contributed by atoms with Gasteiger partial charge in [-0.3, -0.25) is 9.59 Å². The fourth-order valence-corrected chi connectivity index (χ4v) is 5.90. The Kier molecular flexibility index (Phi) is 29.6. The fourth-order valence-electron chi connectivity index (χ4n) is 5.90. The number of primary amides is 2. The lowest BCUT2D eigenvalue weighted by molar-refractivity contribution is -0.132. The number of unbranched alkanes of at least 4 members (excludes halogenated alkanes) is 23. The van der Waals surface area contributed by atoms with Gasteiger partial charge in [-0.05, 0) is 38.5 Å². The average molecular weight is 563 g/mol. The number of amides is 2. The molecule has 0 radical (unpaired) electrons. The van der Waals surface area contributed by atoms with Crippen molar-refractivity contribution in [1.82, 2.24) is 0 Å². The van der Waals surface area contributed by atoms with Crippen LogP contribution in [0, 0.1) is 11.8 Å². The van der Waals surface area contributed by atoms with E-state index in [1.807, 2.05) is 0 Å². The van der Waals surface area contributed by atoms with Gasteiger partial charge in [-0.2, -0.15) is 0 Å². The third-order valence-corrected chi connectivity index (χ3v) is 8.61. The van der Waals surface area contributed by atoms with E-state index in [-0.39, 0.29) is 11.8 Å². The van der Waals surface area contributed by atoms with Crippen molar-refractivity contribution in [1.29, 1.82) is 0 Å². The summed E-state index contributed by atoms with van der Waals surface area (Å²) in [5.74, 6) is -1.52. The molecule has 0 aromatic heterocycles. The van der Waals surface area contributed by atoms with Gasteiger partial charge in [-0.1, -0.05) is 167 Å². The SMILES string of the molecule is CCCCCCCC/C=C\CCCCCCC(C(N)=O)C(CCCCCCCCCCCCCCCC)C(N)=O. The van der Waals surface area contributed by atoms with Crippen LogP contribution in [0.15, 0.2) is 12.2 Å². The van der Waals surface area contributed by atoms with Crippen molar-refractivity contribution in [3.8, 4) is 0 Å². The summed E-state index contributed by atoms with van der Waals surface area (Å²) in [5, 5.41) is 0. The molecule has 2 unspecified atom stereocenters. The molecule has 0 fully saturated rings. The van der Waals surface area contributed by atoms with Crippen molar-refractivity contribution >= 4 is 11.8 Å². The number of nitrogens with two attached hydrogens (primary N) is 2. The molecule has 0 saturated heterocycles. The van der Waals surface area contributed by atoms with Crippen molar-refractivity contribution in [2.75, 3.05) is 0 Å². The van der Waals surface area contributed by atoms with Crippen molar-refractivity contribution in [3.63, 3.8) is 0 Å². The number of carbonyl (C=O) groups excluding carboxylic acids is 2. The summed E-state index contributed by atoms with van der Waals surface area (Å²) in [4.78, 5) is 24.3. The maximum absolute atomic E-state index is 12.2. The van der Waals surface area contributed by atoms with E-state index >= 15 is 0 Å². The number of carbonyl (C=O) groups is 2. The van der Waals surface area contributed by atoms with Gasteiger partial charge in [0.25, 0.3) is 0 Å². The predicted molar refractivity (Wildman–Crippen MR) is 175 cm³/mol. The highest BCUT2D eigenvalue weighted by molar-refractivity contribution is 5.85. The predicted octanol–water partition coefficient (Wildman–Crippen LogP) is 10.7. The van der Waals surface area contributed by atoms with Gasteiger partial charge < -0.3 is 11.5 Å². The Morgan fingerprint density at radius 2 is 0.675 bits per heavy atom. The van der Waals surface area contributed by atoms with E-state index in [9.17, 15) is 9.59 Å². The minimum Gasteiger partial charge on any atom is -0.369 e. The molecule has 0 aromatic carbocycles. The molecule has 4 heteroatoms. The number of hydrogen-bond acceptors (Lipinski definition) is 2. The van der Waals surface area contributed by atoms with E-state index in [0.717, 1.165) is 38.5 Å². The van der Waals surface area contributed by atoms with E-state index < -0.39 is 11.8 Å². The summed E-state index contributed by atoms with van der Waals surface area (Å²) in [5.41, 5.74) is 11.4.